The zero-order chi connectivity index (χ0) is 26.0. The van der Waals surface area contributed by atoms with Crippen molar-refractivity contribution < 1.29 is 14.2 Å². The maximum absolute atomic E-state index is 6.00. The van der Waals surface area contributed by atoms with E-state index in [4.69, 9.17) is 14.2 Å². The third-order valence-corrected chi connectivity index (χ3v) is 7.36. The Labute approximate surface area is 226 Å². The molecule has 0 N–H and O–H groups in total. The van der Waals surface area contributed by atoms with Crippen molar-refractivity contribution in [3.05, 3.63) is 83.7 Å². The van der Waals surface area contributed by atoms with Crippen LogP contribution in [0.5, 0.6) is 5.75 Å². The van der Waals surface area contributed by atoms with Gasteiger partial charge >= 0.3 is 0 Å². The number of benzene rings is 2. The van der Waals surface area contributed by atoms with Gasteiger partial charge in [0, 0.05) is 63.4 Å². The van der Waals surface area contributed by atoms with Crippen LogP contribution in [0.25, 0.3) is 0 Å². The Kier molecular flexibility index (Phi) is 9.48. The first-order chi connectivity index (χ1) is 18.8. The molecule has 202 valence electrons. The van der Waals surface area contributed by atoms with Gasteiger partial charge in [-0.15, -0.1) is 0 Å². The third kappa shape index (κ3) is 7.47. The lowest BCUT2D eigenvalue weighted by Crippen LogP contribution is -2.38. The molecule has 2 fully saturated rings. The van der Waals surface area contributed by atoms with Crippen LogP contribution >= 0.6 is 0 Å². The monoisotopic (exact) mass is 516 g/mol. The number of methoxy groups -OCH3 is 1. The number of hydrogen-bond acceptors (Lipinski definition) is 7. The molecule has 0 radical (unpaired) electrons. The van der Waals surface area contributed by atoms with E-state index < -0.39 is 0 Å². The van der Waals surface area contributed by atoms with Crippen LogP contribution in [0, 0.1) is 0 Å². The molecule has 0 unspecified atom stereocenters. The van der Waals surface area contributed by atoms with Gasteiger partial charge in [0.2, 0.25) is 0 Å². The van der Waals surface area contributed by atoms with Crippen LogP contribution in [0.15, 0.2) is 66.9 Å². The van der Waals surface area contributed by atoms with Gasteiger partial charge in [-0.3, -0.25) is 9.88 Å². The Hall–Kier alpha value is -3.13. The molecule has 5 rings (SSSR count). The SMILES string of the molecule is COc1cccc(CN(Cc2ccc(N3CCCC3)cc2)c2ccnc(COCCN3CCOCC3)c2)c1. The predicted molar refractivity (Wildman–Crippen MR) is 152 cm³/mol. The van der Waals surface area contributed by atoms with Crippen LogP contribution < -0.4 is 14.5 Å². The number of pyridine rings is 1. The van der Waals surface area contributed by atoms with Crippen LogP contribution in [0.3, 0.4) is 0 Å². The summed E-state index contributed by atoms with van der Waals surface area (Å²) >= 11 is 0. The normalized spacial score (nSPS) is 16.1. The van der Waals surface area contributed by atoms with Crippen molar-refractivity contribution in [3.8, 4) is 5.75 Å². The molecule has 3 aromatic rings. The van der Waals surface area contributed by atoms with Crippen LogP contribution in [0.2, 0.25) is 0 Å². The molecule has 0 saturated carbocycles. The molecule has 7 nitrogen and oxygen atoms in total. The number of anilines is 2. The van der Waals surface area contributed by atoms with Gasteiger partial charge < -0.3 is 24.0 Å². The zero-order valence-electron chi connectivity index (χ0n) is 22.6. The minimum absolute atomic E-state index is 0.510. The number of aromatic nitrogens is 1. The zero-order valence-corrected chi connectivity index (χ0v) is 22.6. The van der Waals surface area contributed by atoms with Crippen molar-refractivity contribution in [3.63, 3.8) is 0 Å². The molecule has 3 heterocycles. The Morgan fingerprint density at radius 2 is 1.68 bits per heavy atom. The summed E-state index contributed by atoms with van der Waals surface area (Å²) < 4.78 is 16.9. The van der Waals surface area contributed by atoms with Crippen LogP contribution in [0.4, 0.5) is 11.4 Å². The van der Waals surface area contributed by atoms with Crippen molar-refractivity contribution >= 4 is 11.4 Å². The van der Waals surface area contributed by atoms with E-state index in [-0.39, 0.29) is 0 Å². The number of morpholine rings is 1. The van der Waals surface area contributed by atoms with Crippen LogP contribution in [0.1, 0.15) is 29.7 Å². The average Bonchev–Trinajstić information content (AvgIpc) is 3.52. The minimum atomic E-state index is 0.510. The molecule has 38 heavy (non-hydrogen) atoms. The van der Waals surface area contributed by atoms with E-state index in [9.17, 15) is 0 Å². The molecule has 2 aliphatic heterocycles. The first kappa shape index (κ1) is 26.5. The highest BCUT2D eigenvalue weighted by atomic mass is 16.5. The molecule has 0 spiro atoms. The van der Waals surface area contributed by atoms with Crippen molar-refractivity contribution in [2.45, 2.75) is 32.5 Å². The summed E-state index contributed by atoms with van der Waals surface area (Å²) in [5.74, 6) is 0.876. The summed E-state index contributed by atoms with van der Waals surface area (Å²) in [6.07, 6.45) is 4.47. The Balaban J connectivity index is 1.27. The topological polar surface area (TPSA) is 50.3 Å². The average molecular weight is 517 g/mol. The smallest absolute Gasteiger partial charge is 0.119 e. The van der Waals surface area contributed by atoms with Crippen LogP contribution in [-0.2, 0) is 29.2 Å². The molecule has 0 bridgehead atoms. The minimum Gasteiger partial charge on any atom is -0.497 e. The quantitative estimate of drug-likeness (QED) is 0.322. The summed E-state index contributed by atoms with van der Waals surface area (Å²) in [4.78, 5) is 11.9. The first-order valence-corrected chi connectivity index (χ1v) is 13.8. The fourth-order valence-electron chi connectivity index (χ4n) is 5.17. The lowest BCUT2D eigenvalue weighted by Gasteiger charge is -2.27. The molecule has 7 heteroatoms. The van der Waals surface area contributed by atoms with Gasteiger partial charge in [-0.05, 0) is 60.4 Å². The molecule has 0 atom stereocenters. The van der Waals surface area contributed by atoms with E-state index in [1.165, 1.54) is 29.7 Å². The van der Waals surface area contributed by atoms with E-state index in [0.29, 0.717) is 13.2 Å². The fraction of sp³-hybridized carbons (Fsp3) is 0.452. The van der Waals surface area contributed by atoms with Crippen molar-refractivity contribution in [1.82, 2.24) is 9.88 Å². The second-order valence-corrected chi connectivity index (χ2v) is 10.1. The van der Waals surface area contributed by atoms with E-state index in [1.807, 2.05) is 12.3 Å². The standard InChI is InChI=1S/C31H40N4O3/c1-36-31-6-4-5-27(21-31)24-35(23-26-7-9-29(10-8-26)34-13-2-3-14-34)30-11-12-32-28(22-30)25-38-20-17-33-15-18-37-19-16-33/h4-12,21-22H,2-3,13-20,23-25H2,1H3. The first-order valence-electron chi connectivity index (χ1n) is 13.8. The number of ether oxygens (including phenoxy) is 3. The molecule has 0 amide bonds. The molecule has 2 aliphatic rings. The maximum atomic E-state index is 6.00. The highest BCUT2D eigenvalue weighted by Crippen LogP contribution is 2.25. The Morgan fingerprint density at radius 1 is 0.895 bits per heavy atom. The third-order valence-electron chi connectivity index (χ3n) is 7.36. The lowest BCUT2D eigenvalue weighted by molar-refractivity contribution is 0.0177. The van der Waals surface area contributed by atoms with Gasteiger partial charge in [-0.2, -0.15) is 0 Å². The summed E-state index contributed by atoms with van der Waals surface area (Å²) in [5.41, 5.74) is 5.91. The molecular formula is C31H40N4O3. The summed E-state index contributed by atoms with van der Waals surface area (Å²) in [5, 5.41) is 0. The van der Waals surface area contributed by atoms with Gasteiger partial charge in [-0.1, -0.05) is 24.3 Å². The molecule has 2 aromatic carbocycles. The summed E-state index contributed by atoms with van der Waals surface area (Å²) in [6, 6.07) is 21.6. The van der Waals surface area contributed by atoms with E-state index in [2.05, 4.69) is 74.3 Å². The van der Waals surface area contributed by atoms with Gasteiger partial charge in [0.05, 0.1) is 39.2 Å². The molecule has 1 aromatic heterocycles. The van der Waals surface area contributed by atoms with E-state index in [1.54, 1.807) is 7.11 Å². The van der Waals surface area contributed by atoms with E-state index >= 15 is 0 Å². The van der Waals surface area contributed by atoms with Crippen LogP contribution in [-0.4, -0.2) is 69.5 Å². The lowest BCUT2D eigenvalue weighted by atomic mass is 10.1. The molecule has 0 aliphatic carbocycles. The molecular weight excluding hydrogens is 476 g/mol. The highest BCUT2D eigenvalue weighted by Gasteiger charge is 2.14. The fourth-order valence-corrected chi connectivity index (χ4v) is 5.17. The van der Waals surface area contributed by atoms with Gasteiger partial charge in [0.1, 0.15) is 5.75 Å². The van der Waals surface area contributed by atoms with Gasteiger partial charge in [-0.25, -0.2) is 0 Å². The largest absolute Gasteiger partial charge is 0.497 e. The Bertz CT molecular complexity index is 1130. The van der Waals surface area contributed by atoms with Gasteiger partial charge in [0.15, 0.2) is 0 Å². The number of rotatable bonds is 12. The predicted octanol–water partition coefficient (Wildman–Crippen LogP) is 4.75. The van der Waals surface area contributed by atoms with Crippen molar-refractivity contribution in [1.29, 1.82) is 0 Å². The summed E-state index contributed by atoms with van der Waals surface area (Å²) in [7, 11) is 1.72. The van der Waals surface area contributed by atoms with Crippen molar-refractivity contribution in [2.75, 3.05) is 69.5 Å². The van der Waals surface area contributed by atoms with E-state index in [0.717, 1.165) is 76.2 Å². The number of hydrogen-bond donors (Lipinski definition) is 0. The van der Waals surface area contributed by atoms with Crippen molar-refractivity contribution in [2.24, 2.45) is 0 Å². The van der Waals surface area contributed by atoms with Gasteiger partial charge in [0.25, 0.3) is 0 Å². The number of nitrogens with zero attached hydrogens (tertiary/aromatic N) is 4. The second-order valence-electron chi connectivity index (χ2n) is 10.1. The Morgan fingerprint density at radius 3 is 2.47 bits per heavy atom. The summed E-state index contributed by atoms with van der Waals surface area (Å²) in [6.45, 7) is 9.62. The highest BCUT2D eigenvalue weighted by molar-refractivity contribution is 5.51. The maximum Gasteiger partial charge on any atom is 0.119 e. The second kappa shape index (κ2) is 13.6. The molecule has 2 saturated heterocycles.